The van der Waals surface area contributed by atoms with Crippen molar-refractivity contribution in [1.82, 2.24) is 9.97 Å². The highest BCUT2D eigenvalue weighted by molar-refractivity contribution is 5.75. The van der Waals surface area contributed by atoms with Crippen molar-refractivity contribution < 1.29 is 5.11 Å². The number of rotatable bonds is 1. The molecule has 0 spiro atoms. The van der Waals surface area contributed by atoms with Crippen LogP contribution in [-0.2, 0) is 6.42 Å². The molecule has 13 heavy (non-hydrogen) atoms. The Morgan fingerprint density at radius 1 is 1.38 bits per heavy atom. The molecule has 66 valence electrons. The summed E-state index contributed by atoms with van der Waals surface area (Å²) in [6, 6.07) is 5.38. The van der Waals surface area contributed by atoms with Crippen molar-refractivity contribution >= 4 is 11.0 Å². The van der Waals surface area contributed by atoms with Crippen LogP contribution < -0.4 is 0 Å². The van der Waals surface area contributed by atoms with Gasteiger partial charge >= 0.3 is 0 Å². The normalized spacial score (nSPS) is 10.5. The number of nitrogens with zero attached hydrogens (tertiary/aromatic N) is 2. The van der Waals surface area contributed by atoms with Crippen LogP contribution in [0, 0.1) is 0 Å². The first kappa shape index (κ1) is 7.98. The van der Waals surface area contributed by atoms with E-state index in [-0.39, 0.29) is 5.75 Å². The number of hydrogen-bond donors (Lipinski definition) is 1. The van der Waals surface area contributed by atoms with E-state index in [0.29, 0.717) is 0 Å². The maximum Gasteiger partial charge on any atom is 0.139 e. The van der Waals surface area contributed by atoms with Gasteiger partial charge in [0.25, 0.3) is 0 Å². The first-order chi connectivity index (χ1) is 6.31. The molecule has 0 aliphatic heterocycles. The van der Waals surface area contributed by atoms with Gasteiger partial charge in [0.2, 0.25) is 0 Å². The van der Waals surface area contributed by atoms with Crippen LogP contribution in [-0.4, -0.2) is 15.1 Å². The van der Waals surface area contributed by atoms with Crippen molar-refractivity contribution in [3.8, 4) is 5.75 Å². The molecule has 0 saturated heterocycles. The summed E-state index contributed by atoms with van der Waals surface area (Å²) >= 11 is 0. The van der Waals surface area contributed by atoms with E-state index < -0.39 is 0 Å². The third kappa shape index (κ3) is 1.33. The van der Waals surface area contributed by atoms with Crippen LogP contribution in [0.15, 0.2) is 24.4 Å². The topological polar surface area (TPSA) is 46.0 Å². The molecule has 3 nitrogen and oxygen atoms in total. The average molecular weight is 174 g/mol. The molecule has 0 amide bonds. The zero-order valence-corrected chi connectivity index (χ0v) is 7.36. The molecule has 0 aliphatic carbocycles. The van der Waals surface area contributed by atoms with Gasteiger partial charge in [-0.05, 0) is 18.6 Å². The van der Waals surface area contributed by atoms with Gasteiger partial charge in [-0.1, -0.05) is 6.92 Å². The Hall–Kier alpha value is -1.64. The molecule has 2 aromatic heterocycles. The quantitative estimate of drug-likeness (QED) is 0.718. The number of aryl methyl sites for hydroxylation is 1. The Kier molecular flexibility index (Phi) is 1.85. The van der Waals surface area contributed by atoms with Gasteiger partial charge in [-0.3, -0.25) is 4.98 Å². The van der Waals surface area contributed by atoms with Crippen molar-refractivity contribution in [2.75, 3.05) is 0 Å². The van der Waals surface area contributed by atoms with E-state index in [4.69, 9.17) is 0 Å². The molecule has 3 heteroatoms. The van der Waals surface area contributed by atoms with Gasteiger partial charge < -0.3 is 5.11 Å². The van der Waals surface area contributed by atoms with Crippen LogP contribution in [0.3, 0.4) is 0 Å². The van der Waals surface area contributed by atoms with Crippen LogP contribution in [0.1, 0.15) is 12.6 Å². The molecule has 2 aromatic rings. The lowest BCUT2D eigenvalue weighted by atomic mass is 10.2. The fourth-order valence-electron chi connectivity index (χ4n) is 1.29. The van der Waals surface area contributed by atoms with Crippen LogP contribution in [0.25, 0.3) is 11.0 Å². The smallest absolute Gasteiger partial charge is 0.139 e. The molecule has 0 unspecified atom stereocenters. The van der Waals surface area contributed by atoms with Gasteiger partial charge in [-0.15, -0.1) is 0 Å². The second-order valence-corrected chi connectivity index (χ2v) is 2.85. The minimum atomic E-state index is 0.230. The molecule has 0 saturated carbocycles. The van der Waals surface area contributed by atoms with E-state index in [9.17, 15) is 5.11 Å². The van der Waals surface area contributed by atoms with Crippen molar-refractivity contribution in [3.05, 3.63) is 30.1 Å². The average Bonchev–Trinajstić information content (AvgIpc) is 2.17. The Bertz CT molecular complexity index is 440. The summed E-state index contributed by atoms with van der Waals surface area (Å²) < 4.78 is 0. The molecule has 0 atom stereocenters. The summed E-state index contributed by atoms with van der Waals surface area (Å²) in [7, 11) is 0. The fraction of sp³-hybridized carbons (Fsp3) is 0.200. The third-order valence-electron chi connectivity index (χ3n) is 1.98. The molecule has 0 bridgehead atoms. The molecule has 1 N–H and O–H groups in total. The second-order valence-electron chi connectivity index (χ2n) is 2.85. The van der Waals surface area contributed by atoms with Gasteiger partial charge in [-0.2, -0.15) is 0 Å². The second kappa shape index (κ2) is 3.01. The highest BCUT2D eigenvalue weighted by atomic mass is 16.3. The fourth-order valence-corrected chi connectivity index (χ4v) is 1.29. The molecule has 2 heterocycles. The predicted octanol–water partition coefficient (Wildman–Crippen LogP) is 1.90. The first-order valence-corrected chi connectivity index (χ1v) is 4.25. The number of hydrogen-bond acceptors (Lipinski definition) is 3. The minimum Gasteiger partial charge on any atom is -0.506 e. The molecule has 0 fully saturated rings. The molecular weight excluding hydrogens is 164 g/mol. The Morgan fingerprint density at radius 2 is 2.23 bits per heavy atom. The minimum absolute atomic E-state index is 0.230. The lowest BCUT2D eigenvalue weighted by molar-refractivity contribution is 0.466. The van der Waals surface area contributed by atoms with E-state index in [1.54, 1.807) is 12.3 Å². The summed E-state index contributed by atoms with van der Waals surface area (Å²) in [6.07, 6.45) is 2.42. The highest BCUT2D eigenvalue weighted by Gasteiger charge is 2.03. The van der Waals surface area contributed by atoms with Crippen LogP contribution in [0.2, 0.25) is 0 Å². The standard InChI is InChI=1S/C10H10N2O/c1-2-7-10(13)6-9-8(12-7)4-3-5-11-9/h3-6,13H,2H2,1H3. The van der Waals surface area contributed by atoms with Crippen LogP contribution in [0.5, 0.6) is 5.75 Å². The summed E-state index contributed by atoms with van der Waals surface area (Å²) in [5.74, 6) is 0.230. The summed E-state index contributed by atoms with van der Waals surface area (Å²) in [5.41, 5.74) is 2.29. The van der Waals surface area contributed by atoms with E-state index >= 15 is 0 Å². The zero-order valence-electron chi connectivity index (χ0n) is 7.36. The maximum absolute atomic E-state index is 9.51. The Balaban J connectivity index is 2.74. The van der Waals surface area contributed by atoms with Crippen LogP contribution >= 0.6 is 0 Å². The molecule has 0 aromatic carbocycles. The Morgan fingerprint density at radius 3 is 3.00 bits per heavy atom. The van der Waals surface area contributed by atoms with E-state index in [2.05, 4.69) is 9.97 Å². The van der Waals surface area contributed by atoms with Crippen molar-refractivity contribution in [2.24, 2.45) is 0 Å². The van der Waals surface area contributed by atoms with Gasteiger partial charge in [-0.25, -0.2) is 4.98 Å². The van der Waals surface area contributed by atoms with E-state index in [1.165, 1.54) is 0 Å². The van der Waals surface area contributed by atoms with Gasteiger partial charge in [0, 0.05) is 12.3 Å². The van der Waals surface area contributed by atoms with Gasteiger partial charge in [0.05, 0.1) is 16.7 Å². The van der Waals surface area contributed by atoms with Gasteiger partial charge in [0.1, 0.15) is 5.75 Å². The number of aromatic hydroxyl groups is 1. The molecule has 0 aliphatic rings. The van der Waals surface area contributed by atoms with Crippen molar-refractivity contribution in [1.29, 1.82) is 0 Å². The highest BCUT2D eigenvalue weighted by Crippen LogP contribution is 2.19. The van der Waals surface area contributed by atoms with Gasteiger partial charge in [0.15, 0.2) is 0 Å². The van der Waals surface area contributed by atoms with Crippen LogP contribution in [0.4, 0.5) is 0 Å². The maximum atomic E-state index is 9.51. The van der Waals surface area contributed by atoms with Crippen molar-refractivity contribution in [2.45, 2.75) is 13.3 Å². The largest absolute Gasteiger partial charge is 0.506 e. The Labute approximate surface area is 76.1 Å². The van der Waals surface area contributed by atoms with Crippen molar-refractivity contribution in [3.63, 3.8) is 0 Å². The number of fused-ring (bicyclic) bond motifs is 1. The number of aromatic nitrogens is 2. The first-order valence-electron chi connectivity index (χ1n) is 4.25. The summed E-state index contributed by atoms with van der Waals surface area (Å²) in [5, 5.41) is 9.51. The lowest BCUT2D eigenvalue weighted by Crippen LogP contribution is -1.90. The zero-order chi connectivity index (χ0) is 9.26. The summed E-state index contributed by atoms with van der Waals surface area (Å²) in [6.45, 7) is 1.96. The molecule has 0 radical (unpaired) electrons. The molecule has 2 rings (SSSR count). The molecular formula is C10H10N2O. The number of pyridine rings is 2. The third-order valence-corrected chi connectivity index (χ3v) is 1.98. The predicted molar refractivity (Wildman–Crippen MR) is 50.6 cm³/mol. The lowest BCUT2D eigenvalue weighted by Gasteiger charge is -2.02. The monoisotopic (exact) mass is 174 g/mol. The summed E-state index contributed by atoms with van der Waals surface area (Å²) in [4.78, 5) is 8.38. The van der Waals surface area contributed by atoms with E-state index in [0.717, 1.165) is 23.1 Å². The van der Waals surface area contributed by atoms with E-state index in [1.807, 2.05) is 19.1 Å². The SMILES string of the molecule is CCc1nc2cccnc2cc1O.